The van der Waals surface area contributed by atoms with E-state index in [0.717, 1.165) is 29.7 Å². The molecule has 0 radical (unpaired) electrons. The smallest absolute Gasteiger partial charge is 0.333 e. The van der Waals surface area contributed by atoms with Gasteiger partial charge in [0.15, 0.2) is 16.9 Å². The fourth-order valence-corrected chi connectivity index (χ4v) is 3.76. The highest BCUT2D eigenvalue weighted by molar-refractivity contribution is 5.80. The van der Waals surface area contributed by atoms with E-state index in [1.807, 2.05) is 17.7 Å². The third-order valence-electron chi connectivity index (χ3n) is 5.48. The number of fused-ring (bicyclic) bond motifs is 3. The molecule has 0 aromatic carbocycles. The van der Waals surface area contributed by atoms with Crippen LogP contribution in [0.15, 0.2) is 15.8 Å². The van der Waals surface area contributed by atoms with Crippen molar-refractivity contribution in [2.24, 2.45) is 7.05 Å². The van der Waals surface area contributed by atoms with Gasteiger partial charge >= 0.3 is 5.69 Å². The number of nitrogens with zero attached hydrogens (tertiary/aromatic N) is 5. The molecule has 4 rings (SSSR count). The number of imidazole rings is 2. The van der Waals surface area contributed by atoms with Crippen molar-refractivity contribution in [3.05, 3.63) is 32.7 Å². The Morgan fingerprint density at radius 2 is 2.15 bits per heavy atom. The molecule has 1 fully saturated rings. The molecule has 1 aliphatic rings. The molecule has 0 aliphatic carbocycles. The number of carbonyl (C=O) groups excluding carboxylic acids is 1. The van der Waals surface area contributed by atoms with E-state index in [9.17, 15) is 14.4 Å². The summed E-state index contributed by atoms with van der Waals surface area (Å²) < 4.78 is 11.8. The molecule has 4 heterocycles. The van der Waals surface area contributed by atoms with Gasteiger partial charge in [-0.05, 0) is 33.6 Å². The van der Waals surface area contributed by atoms with Crippen molar-refractivity contribution in [3.8, 4) is 0 Å². The maximum atomic E-state index is 13.1. The van der Waals surface area contributed by atoms with Crippen LogP contribution in [0.4, 0.5) is 0 Å². The minimum Gasteiger partial charge on any atom is -0.376 e. The van der Waals surface area contributed by atoms with Crippen molar-refractivity contribution in [1.82, 2.24) is 23.1 Å². The van der Waals surface area contributed by atoms with Gasteiger partial charge in [0.1, 0.15) is 0 Å². The fraction of sp³-hybridized carbons (Fsp3) is 0.556. The number of hydrogen-bond acceptors (Lipinski definition) is 5. The molecule has 3 aromatic heterocycles. The molecule has 9 heteroatoms. The Morgan fingerprint density at radius 1 is 1.41 bits per heavy atom. The van der Waals surface area contributed by atoms with Crippen LogP contribution in [0.3, 0.4) is 0 Å². The lowest BCUT2D eigenvalue weighted by molar-refractivity contribution is -0.119. The SMILES string of the molecule is CC(=O)[C@H](C)n1c(=O)c2c(nc3n(C[C@H]4CCCO4)c(C)cn23)n(C)c1=O. The largest absolute Gasteiger partial charge is 0.376 e. The number of ketones is 1. The summed E-state index contributed by atoms with van der Waals surface area (Å²) in [5.41, 5.74) is 0.521. The Labute approximate surface area is 154 Å². The van der Waals surface area contributed by atoms with E-state index in [-0.39, 0.29) is 11.9 Å². The van der Waals surface area contributed by atoms with Crippen LogP contribution >= 0.6 is 0 Å². The van der Waals surface area contributed by atoms with Crippen LogP contribution in [0, 0.1) is 6.92 Å². The van der Waals surface area contributed by atoms with E-state index in [1.165, 1.54) is 11.5 Å². The zero-order valence-corrected chi connectivity index (χ0v) is 15.9. The Bertz CT molecular complexity index is 1170. The molecule has 9 nitrogen and oxygen atoms in total. The third kappa shape index (κ3) is 2.56. The van der Waals surface area contributed by atoms with Crippen molar-refractivity contribution >= 4 is 22.7 Å². The van der Waals surface area contributed by atoms with Gasteiger partial charge in [-0.3, -0.25) is 18.6 Å². The highest BCUT2D eigenvalue weighted by Crippen LogP contribution is 2.20. The normalized spacial score (nSPS) is 18.6. The van der Waals surface area contributed by atoms with Crippen molar-refractivity contribution in [1.29, 1.82) is 0 Å². The monoisotopic (exact) mass is 373 g/mol. The Morgan fingerprint density at radius 3 is 2.78 bits per heavy atom. The van der Waals surface area contributed by atoms with Gasteiger partial charge in [0.05, 0.1) is 18.7 Å². The average Bonchev–Trinajstić information content (AvgIpc) is 3.31. The lowest BCUT2D eigenvalue weighted by atomic mass is 10.2. The zero-order valence-electron chi connectivity index (χ0n) is 15.9. The predicted molar refractivity (Wildman–Crippen MR) is 99.3 cm³/mol. The molecule has 3 aromatic rings. The van der Waals surface area contributed by atoms with E-state index in [2.05, 4.69) is 4.98 Å². The Kier molecular flexibility index (Phi) is 4.06. The number of Topliss-reactive ketones (excluding diaryl/α,β-unsaturated/α-hetero) is 1. The van der Waals surface area contributed by atoms with Gasteiger partial charge < -0.3 is 9.30 Å². The maximum absolute atomic E-state index is 13.1. The molecule has 2 atom stereocenters. The molecule has 0 amide bonds. The Balaban J connectivity index is 2.00. The minimum absolute atomic E-state index is 0.123. The summed E-state index contributed by atoms with van der Waals surface area (Å²) in [7, 11) is 1.57. The molecular formula is C18H23N5O4. The summed E-state index contributed by atoms with van der Waals surface area (Å²) in [5, 5.41) is 0. The second kappa shape index (κ2) is 6.19. The number of carbonyl (C=O) groups is 1. The Hall–Kier alpha value is -2.68. The molecule has 1 saturated heterocycles. The van der Waals surface area contributed by atoms with Crippen LogP contribution in [0.25, 0.3) is 16.9 Å². The van der Waals surface area contributed by atoms with Crippen LogP contribution in [0.1, 0.15) is 38.4 Å². The van der Waals surface area contributed by atoms with Crippen molar-refractivity contribution in [2.75, 3.05) is 6.61 Å². The van der Waals surface area contributed by atoms with Crippen molar-refractivity contribution in [2.45, 2.75) is 52.3 Å². The van der Waals surface area contributed by atoms with Gasteiger partial charge in [-0.25, -0.2) is 9.36 Å². The molecule has 0 bridgehead atoms. The fourth-order valence-electron chi connectivity index (χ4n) is 3.76. The first-order chi connectivity index (χ1) is 12.8. The van der Waals surface area contributed by atoms with E-state index < -0.39 is 17.3 Å². The number of ether oxygens (including phenoxy) is 1. The number of rotatable bonds is 4. The predicted octanol–water partition coefficient (Wildman–Crippen LogP) is 0.787. The summed E-state index contributed by atoms with van der Waals surface area (Å²) in [6, 6.07) is -0.832. The van der Waals surface area contributed by atoms with Crippen LogP contribution in [0.2, 0.25) is 0 Å². The van der Waals surface area contributed by atoms with Gasteiger partial charge in [-0.15, -0.1) is 0 Å². The zero-order chi connectivity index (χ0) is 19.5. The van der Waals surface area contributed by atoms with Gasteiger partial charge in [0.2, 0.25) is 5.78 Å². The minimum atomic E-state index is -0.832. The van der Waals surface area contributed by atoms with Gasteiger partial charge in [0.25, 0.3) is 5.56 Å². The first-order valence-corrected chi connectivity index (χ1v) is 9.12. The lowest BCUT2D eigenvalue weighted by Crippen LogP contribution is -2.42. The van der Waals surface area contributed by atoms with Crippen LogP contribution in [-0.2, 0) is 23.1 Å². The van der Waals surface area contributed by atoms with E-state index in [1.54, 1.807) is 18.4 Å². The average molecular weight is 373 g/mol. The van der Waals surface area contributed by atoms with E-state index in [4.69, 9.17) is 4.74 Å². The van der Waals surface area contributed by atoms with Gasteiger partial charge in [-0.2, -0.15) is 4.98 Å². The van der Waals surface area contributed by atoms with Crippen molar-refractivity contribution < 1.29 is 9.53 Å². The summed E-state index contributed by atoms with van der Waals surface area (Å²) >= 11 is 0. The van der Waals surface area contributed by atoms with Gasteiger partial charge in [-0.1, -0.05) is 0 Å². The van der Waals surface area contributed by atoms with Crippen LogP contribution < -0.4 is 11.2 Å². The topological polar surface area (TPSA) is 92.5 Å². The van der Waals surface area contributed by atoms with E-state index >= 15 is 0 Å². The summed E-state index contributed by atoms with van der Waals surface area (Å²) in [6.07, 6.45) is 4.00. The van der Waals surface area contributed by atoms with E-state index in [0.29, 0.717) is 23.5 Å². The quantitative estimate of drug-likeness (QED) is 0.674. The molecule has 1 aliphatic heterocycles. The second-order valence-electron chi connectivity index (χ2n) is 7.27. The highest BCUT2D eigenvalue weighted by atomic mass is 16.5. The molecule has 27 heavy (non-hydrogen) atoms. The number of aromatic nitrogens is 5. The standard InChI is InChI=1S/C18H23N5O4/c1-10-8-22-14-15(19-17(22)21(10)9-13-6-5-7-27-13)20(4)18(26)23(16(14)25)11(2)12(3)24/h8,11,13H,5-7,9H2,1-4H3/t11-,13+/m0/s1. The molecule has 0 saturated carbocycles. The number of hydrogen-bond donors (Lipinski definition) is 0. The molecular weight excluding hydrogens is 350 g/mol. The summed E-state index contributed by atoms with van der Waals surface area (Å²) in [4.78, 5) is 42.1. The molecule has 144 valence electrons. The third-order valence-corrected chi connectivity index (χ3v) is 5.48. The molecule has 0 spiro atoms. The first kappa shape index (κ1) is 17.7. The summed E-state index contributed by atoms with van der Waals surface area (Å²) in [6.45, 7) is 6.30. The second-order valence-corrected chi connectivity index (χ2v) is 7.27. The van der Waals surface area contributed by atoms with Crippen LogP contribution in [-0.4, -0.2) is 41.6 Å². The van der Waals surface area contributed by atoms with Crippen molar-refractivity contribution in [3.63, 3.8) is 0 Å². The van der Waals surface area contributed by atoms with Gasteiger partial charge in [0, 0.05) is 25.5 Å². The molecule has 0 unspecified atom stereocenters. The van der Waals surface area contributed by atoms with Crippen LogP contribution in [0.5, 0.6) is 0 Å². The maximum Gasteiger partial charge on any atom is 0.333 e. The highest BCUT2D eigenvalue weighted by Gasteiger charge is 2.25. The first-order valence-electron chi connectivity index (χ1n) is 9.12. The number of aryl methyl sites for hydroxylation is 2. The lowest BCUT2D eigenvalue weighted by Gasteiger charge is -2.12. The molecule has 0 N–H and O–H groups in total. The summed E-state index contributed by atoms with van der Waals surface area (Å²) in [5.74, 6) is 0.347.